The Morgan fingerprint density at radius 2 is 1.69 bits per heavy atom. The lowest BCUT2D eigenvalue weighted by molar-refractivity contribution is -0.315. The van der Waals surface area contributed by atoms with E-state index >= 15 is 0 Å². The average Bonchev–Trinajstić information content (AvgIpc) is 3.32. The third-order valence-corrected chi connectivity index (χ3v) is 12.4. The zero-order chi connectivity index (χ0) is 23.7. The van der Waals surface area contributed by atoms with Crippen LogP contribution in [0.3, 0.4) is 0 Å². The Labute approximate surface area is 193 Å². The van der Waals surface area contributed by atoms with Gasteiger partial charge in [-0.15, -0.1) is 0 Å². The number of hydroxylamine groups is 2. The molecule has 4 fully saturated rings. The standard InChI is InChI=1S/C23H43NO7Si/c1-20(2,3)32(8,9)28-12-17(25)19-18(29-22(6,7)30-19)16-10-15-11-23(24(16)31-15)13-26-21(4,5)27-14-23/h15-19,25H,10-14H2,1-9H3/t15-,16-,17+,18-,19+/m0/s1. The van der Waals surface area contributed by atoms with Gasteiger partial charge in [-0.3, -0.25) is 4.84 Å². The van der Waals surface area contributed by atoms with Gasteiger partial charge < -0.3 is 28.5 Å². The van der Waals surface area contributed by atoms with Crippen LogP contribution in [0.15, 0.2) is 0 Å². The Bertz CT molecular complexity index is 697. The van der Waals surface area contributed by atoms with Gasteiger partial charge in [-0.1, -0.05) is 20.8 Å². The van der Waals surface area contributed by atoms with Gasteiger partial charge in [0.25, 0.3) is 0 Å². The molecule has 0 aromatic heterocycles. The number of rotatable bonds is 5. The molecule has 0 radical (unpaired) electrons. The molecule has 0 amide bonds. The second kappa shape index (κ2) is 7.96. The zero-order valence-electron chi connectivity index (χ0n) is 21.3. The van der Waals surface area contributed by atoms with Crippen LogP contribution in [0.5, 0.6) is 0 Å². The molecule has 4 saturated heterocycles. The highest BCUT2D eigenvalue weighted by molar-refractivity contribution is 6.74. The number of aliphatic hydroxyl groups is 1. The molecule has 0 aromatic carbocycles. The van der Waals surface area contributed by atoms with Crippen molar-refractivity contribution >= 4 is 8.32 Å². The summed E-state index contributed by atoms with van der Waals surface area (Å²) in [7, 11) is -1.99. The van der Waals surface area contributed by atoms with Crippen LogP contribution in [0, 0.1) is 0 Å². The Hall–Kier alpha value is -0.103. The smallest absolute Gasteiger partial charge is 0.192 e. The lowest BCUT2D eigenvalue weighted by Gasteiger charge is -2.48. The summed E-state index contributed by atoms with van der Waals surface area (Å²) in [5.74, 6) is -1.37. The third kappa shape index (κ3) is 4.57. The van der Waals surface area contributed by atoms with E-state index in [0.717, 1.165) is 12.8 Å². The van der Waals surface area contributed by atoms with E-state index in [1.54, 1.807) is 0 Å². The van der Waals surface area contributed by atoms with Crippen molar-refractivity contribution < 1.29 is 33.3 Å². The molecule has 0 saturated carbocycles. The molecule has 1 unspecified atom stereocenters. The summed E-state index contributed by atoms with van der Waals surface area (Å²) in [6.07, 6.45) is 0.188. The fourth-order valence-corrected chi connectivity index (χ4v) is 5.99. The number of ether oxygens (including phenoxy) is 4. The van der Waals surface area contributed by atoms with E-state index in [4.69, 9.17) is 28.2 Å². The van der Waals surface area contributed by atoms with Crippen molar-refractivity contribution in [3.8, 4) is 0 Å². The molecular formula is C23H43NO7Si. The van der Waals surface area contributed by atoms with E-state index < -0.39 is 32.1 Å². The highest BCUT2D eigenvalue weighted by Crippen LogP contribution is 2.49. The van der Waals surface area contributed by atoms with Crippen LogP contribution in [0.2, 0.25) is 18.1 Å². The summed E-state index contributed by atoms with van der Waals surface area (Å²) in [5, 5.41) is 13.3. The summed E-state index contributed by atoms with van der Waals surface area (Å²) in [6.45, 7) is 20.0. The summed E-state index contributed by atoms with van der Waals surface area (Å²) >= 11 is 0. The molecule has 1 N–H and O–H groups in total. The second-order valence-electron chi connectivity index (χ2n) is 12.5. The highest BCUT2D eigenvalue weighted by Gasteiger charge is 2.63. The lowest BCUT2D eigenvalue weighted by atomic mass is 9.83. The number of hydrogen-bond acceptors (Lipinski definition) is 8. The molecule has 4 heterocycles. The maximum atomic E-state index is 11.2. The van der Waals surface area contributed by atoms with Gasteiger partial charge in [0.1, 0.15) is 18.3 Å². The SMILES string of the molecule is CC1(C)OCC2(CO1)C[C@@H]1C[C@@H]([C@@H]3OC(C)(C)O[C@@H]3[C@H](O)CO[Si](C)(C)C(C)(C)C)N2O1. The summed E-state index contributed by atoms with van der Waals surface area (Å²) < 4.78 is 30.9. The van der Waals surface area contributed by atoms with Crippen molar-refractivity contribution in [2.75, 3.05) is 19.8 Å². The van der Waals surface area contributed by atoms with E-state index in [-0.39, 0.29) is 35.4 Å². The van der Waals surface area contributed by atoms with Crippen molar-refractivity contribution in [1.29, 1.82) is 0 Å². The average molecular weight is 474 g/mol. The van der Waals surface area contributed by atoms with Gasteiger partial charge in [0.2, 0.25) is 0 Å². The molecule has 8 nitrogen and oxygen atoms in total. The first-order valence-corrected chi connectivity index (χ1v) is 14.9. The van der Waals surface area contributed by atoms with E-state index in [2.05, 4.69) is 33.9 Å². The molecule has 1 spiro atoms. The molecule has 6 atom stereocenters. The maximum absolute atomic E-state index is 11.2. The largest absolute Gasteiger partial charge is 0.414 e. The first-order valence-electron chi connectivity index (χ1n) is 12.0. The van der Waals surface area contributed by atoms with E-state index in [0.29, 0.717) is 13.2 Å². The first-order chi connectivity index (χ1) is 14.5. The van der Waals surface area contributed by atoms with Gasteiger partial charge >= 0.3 is 0 Å². The van der Waals surface area contributed by atoms with E-state index in [9.17, 15) is 5.11 Å². The van der Waals surface area contributed by atoms with Gasteiger partial charge in [-0.2, -0.15) is 5.06 Å². The van der Waals surface area contributed by atoms with Crippen molar-refractivity contribution in [2.24, 2.45) is 0 Å². The Kier molecular flexibility index (Phi) is 6.22. The number of fused-ring (bicyclic) bond motifs is 3. The molecular weight excluding hydrogens is 430 g/mol. The third-order valence-electron chi connectivity index (χ3n) is 7.86. The van der Waals surface area contributed by atoms with E-state index in [1.165, 1.54) is 0 Å². The minimum Gasteiger partial charge on any atom is -0.414 e. The molecule has 9 heteroatoms. The summed E-state index contributed by atoms with van der Waals surface area (Å²) in [6, 6.07) is -0.0449. The minimum atomic E-state index is -1.99. The quantitative estimate of drug-likeness (QED) is 0.610. The van der Waals surface area contributed by atoms with Crippen molar-refractivity contribution in [1.82, 2.24) is 5.06 Å². The molecule has 2 bridgehead atoms. The lowest BCUT2D eigenvalue weighted by Crippen LogP contribution is -2.64. The van der Waals surface area contributed by atoms with Crippen LogP contribution in [-0.4, -0.2) is 85.9 Å². The summed E-state index contributed by atoms with van der Waals surface area (Å²) in [4.78, 5) is 6.25. The molecule has 32 heavy (non-hydrogen) atoms. The second-order valence-corrected chi connectivity index (χ2v) is 17.3. The summed E-state index contributed by atoms with van der Waals surface area (Å²) in [5.41, 5.74) is -0.327. The van der Waals surface area contributed by atoms with Crippen LogP contribution >= 0.6 is 0 Å². The van der Waals surface area contributed by atoms with Crippen LogP contribution < -0.4 is 0 Å². The number of aliphatic hydroxyl groups excluding tert-OH is 1. The van der Waals surface area contributed by atoms with Gasteiger partial charge in [-0.25, -0.2) is 0 Å². The zero-order valence-corrected chi connectivity index (χ0v) is 22.3. The van der Waals surface area contributed by atoms with Crippen molar-refractivity contribution in [2.45, 2.75) is 127 Å². The number of hydrogen-bond donors (Lipinski definition) is 1. The Balaban J connectivity index is 1.48. The van der Waals surface area contributed by atoms with Crippen LogP contribution in [0.4, 0.5) is 0 Å². The molecule has 4 aliphatic heterocycles. The highest BCUT2D eigenvalue weighted by atomic mass is 28.4. The predicted octanol–water partition coefficient (Wildman–Crippen LogP) is 3.19. The molecule has 0 aromatic rings. The van der Waals surface area contributed by atoms with Crippen molar-refractivity contribution in [3.63, 3.8) is 0 Å². The normalized spacial score (nSPS) is 39.0. The number of nitrogens with zero attached hydrogens (tertiary/aromatic N) is 1. The minimum absolute atomic E-state index is 0.0449. The maximum Gasteiger partial charge on any atom is 0.192 e. The topological polar surface area (TPSA) is 78.9 Å². The van der Waals surface area contributed by atoms with E-state index in [1.807, 2.05) is 32.8 Å². The Morgan fingerprint density at radius 1 is 1.06 bits per heavy atom. The fraction of sp³-hybridized carbons (Fsp3) is 1.00. The fourth-order valence-electron chi connectivity index (χ4n) is 4.97. The monoisotopic (exact) mass is 473 g/mol. The van der Waals surface area contributed by atoms with Gasteiger partial charge in [0.05, 0.1) is 37.5 Å². The number of piperidine rings is 1. The van der Waals surface area contributed by atoms with Gasteiger partial charge in [-0.05, 0) is 52.2 Å². The van der Waals surface area contributed by atoms with Crippen LogP contribution in [0.1, 0.15) is 61.3 Å². The van der Waals surface area contributed by atoms with Gasteiger partial charge in [0.15, 0.2) is 19.9 Å². The van der Waals surface area contributed by atoms with Crippen LogP contribution in [0.25, 0.3) is 0 Å². The Morgan fingerprint density at radius 3 is 2.25 bits per heavy atom. The molecule has 4 aliphatic rings. The molecule has 0 aliphatic carbocycles. The van der Waals surface area contributed by atoms with Gasteiger partial charge in [0, 0.05) is 6.42 Å². The predicted molar refractivity (Wildman–Crippen MR) is 121 cm³/mol. The first kappa shape index (κ1) is 25.0. The van der Waals surface area contributed by atoms with Crippen LogP contribution in [-0.2, 0) is 28.2 Å². The molecule has 186 valence electrons. The van der Waals surface area contributed by atoms with Crippen molar-refractivity contribution in [3.05, 3.63) is 0 Å². The molecule has 4 rings (SSSR count).